The highest BCUT2D eigenvalue weighted by Crippen LogP contribution is 2.21. The van der Waals surface area contributed by atoms with Crippen LogP contribution in [0, 0.1) is 0 Å². The van der Waals surface area contributed by atoms with Crippen molar-refractivity contribution >= 4 is 29.3 Å². The molecule has 0 spiro atoms. The molecule has 0 saturated carbocycles. The summed E-state index contributed by atoms with van der Waals surface area (Å²) in [5.41, 5.74) is 1.07. The predicted octanol–water partition coefficient (Wildman–Crippen LogP) is 3.32. The maximum atomic E-state index is 6.19. The van der Waals surface area contributed by atoms with Crippen molar-refractivity contribution in [1.82, 2.24) is 10.6 Å². The fourth-order valence-electron chi connectivity index (χ4n) is 1.63. The third kappa shape index (κ3) is 5.33. The van der Waals surface area contributed by atoms with Crippen LogP contribution in [0.15, 0.2) is 29.3 Å². The van der Waals surface area contributed by atoms with E-state index in [0.29, 0.717) is 5.25 Å². The van der Waals surface area contributed by atoms with Gasteiger partial charge in [-0.15, -0.1) is 0 Å². The first-order valence-corrected chi connectivity index (χ1v) is 7.99. The maximum absolute atomic E-state index is 6.19. The predicted molar refractivity (Wildman–Crippen MR) is 87.3 cm³/mol. The number of thioether (sulfide) groups is 1. The SMILES string of the molecule is CN=C(NCC(C)SC)NC(C)c1ccccc1Cl. The normalized spacial score (nSPS) is 14.9. The lowest BCUT2D eigenvalue weighted by Crippen LogP contribution is -2.41. The van der Waals surface area contributed by atoms with Crippen molar-refractivity contribution in [3.05, 3.63) is 34.9 Å². The number of benzene rings is 1. The first-order valence-electron chi connectivity index (χ1n) is 6.32. The molecule has 0 radical (unpaired) electrons. The molecule has 2 unspecified atom stereocenters. The third-order valence-corrected chi connectivity index (χ3v) is 4.22. The second kappa shape index (κ2) is 8.33. The highest BCUT2D eigenvalue weighted by molar-refractivity contribution is 7.99. The number of nitrogens with zero attached hydrogens (tertiary/aromatic N) is 1. The molecule has 5 heteroatoms. The minimum atomic E-state index is 0.115. The highest BCUT2D eigenvalue weighted by Gasteiger charge is 2.11. The van der Waals surface area contributed by atoms with Crippen molar-refractivity contribution in [2.24, 2.45) is 4.99 Å². The van der Waals surface area contributed by atoms with Gasteiger partial charge in [0.05, 0.1) is 6.04 Å². The minimum absolute atomic E-state index is 0.115. The molecule has 0 bridgehead atoms. The molecule has 0 heterocycles. The van der Waals surface area contributed by atoms with Gasteiger partial charge in [-0.1, -0.05) is 36.7 Å². The third-order valence-electron chi connectivity index (χ3n) is 2.91. The van der Waals surface area contributed by atoms with Crippen LogP contribution in [0.2, 0.25) is 5.02 Å². The Morgan fingerprint density at radius 2 is 2.05 bits per heavy atom. The number of hydrogen-bond acceptors (Lipinski definition) is 2. The van der Waals surface area contributed by atoms with E-state index in [1.165, 1.54) is 0 Å². The van der Waals surface area contributed by atoms with Gasteiger partial charge in [0.2, 0.25) is 0 Å². The van der Waals surface area contributed by atoms with E-state index in [1.807, 2.05) is 36.0 Å². The average Bonchev–Trinajstić information content (AvgIpc) is 2.43. The Kier molecular flexibility index (Phi) is 7.10. The second-order valence-corrected chi connectivity index (χ2v) is 6.07. The van der Waals surface area contributed by atoms with E-state index in [2.05, 4.69) is 35.7 Å². The summed E-state index contributed by atoms with van der Waals surface area (Å²) < 4.78 is 0. The van der Waals surface area contributed by atoms with Gasteiger partial charge in [-0.25, -0.2) is 0 Å². The number of halogens is 1. The van der Waals surface area contributed by atoms with E-state index in [4.69, 9.17) is 11.6 Å². The summed E-state index contributed by atoms with van der Waals surface area (Å²) in [5, 5.41) is 7.99. The lowest BCUT2D eigenvalue weighted by Gasteiger charge is -2.20. The molecule has 0 aliphatic carbocycles. The van der Waals surface area contributed by atoms with E-state index in [-0.39, 0.29) is 6.04 Å². The molecule has 1 aromatic rings. The van der Waals surface area contributed by atoms with Gasteiger partial charge in [0.25, 0.3) is 0 Å². The Labute approximate surface area is 125 Å². The zero-order chi connectivity index (χ0) is 14.3. The van der Waals surface area contributed by atoms with Crippen LogP contribution in [0.3, 0.4) is 0 Å². The van der Waals surface area contributed by atoms with Gasteiger partial charge in [-0.2, -0.15) is 11.8 Å². The van der Waals surface area contributed by atoms with Gasteiger partial charge in [-0.05, 0) is 24.8 Å². The number of nitrogens with one attached hydrogen (secondary N) is 2. The standard InChI is InChI=1S/C14H22ClN3S/c1-10(19-4)9-17-14(16-3)18-11(2)12-7-5-6-8-13(12)15/h5-8,10-11H,9H2,1-4H3,(H2,16,17,18). The van der Waals surface area contributed by atoms with Crippen LogP contribution < -0.4 is 10.6 Å². The molecule has 19 heavy (non-hydrogen) atoms. The molecule has 0 aromatic heterocycles. The number of guanidine groups is 1. The quantitative estimate of drug-likeness (QED) is 0.647. The van der Waals surface area contributed by atoms with Gasteiger partial charge in [0, 0.05) is 23.9 Å². The lowest BCUT2D eigenvalue weighted by molar-refractivity contribution is 0.684. The molecule has 2 atom stereocenters. The average molecular weight is 300 g/mol. The molecule has 0 fully saturated rings. The van der Waals surface area contributed by atoms with Gasteiger partial charge in [0.1, 0.15) is 0 Å². The van der Waals surface area contributed by atoms with Crippen molar-refractivity contribution in [3.8, 4) is 0 Å². The van der Waals surface area contributed by atoms with Crippen molar-refractivity contribution in [1.29, 1.82) is 0 Å². The summed E-state index contributed by atoms with van der Waals surface area (Å²) in [4.78, 5) is 4.23. The van der Waals surface area contributed by atoms with Gasteiger partial charge in [-0.3, -0.25) is 4.99 Å². The Morgan fingerprint density at radius 3 is 2.63 bits per heavy atom. The Bertz CT molecular complexity index is 423. The largest absolute Gasteiger partial charge is 0.355 e. The van der Waals surface area contributed by atoms with E-state index < -0.39 is 0 Å². The van der Waals surface area contributed by atoms with E-state index >= 15 is 0 Å². The summed E-state index contributed by atoms with van der Waals surface area (Å²) in [5.74, 6) is 0.799. The number of hydrogen-bond donors (Lipinski definition) is 2. The van der Waals surface area contributed by atoms with Crippen LogP contribution in [0.4, 0.5) is 0 Å². The van der Waals surface area contributed by atoms with Gasteiger partial charge >= 0.3 is 0 Å². The molecule has 0 saturated heterocycles. The number of aliphatic imine (C=N–C) groups is 1. The van der Waals surface area contributed by atoms with Crippen LogP contribution in [0.1, 0.15) is 25.5 Å². The molecular weight excluding hydrogens is 278 g/mol. The van der Waals surface area contributed by atoms with Gasteiger partial charge in [0.15, 0.2) is 5.96 Å². The lowest BCUT2D eigenvalue weighted by atomic mass is 10.1. The van der Waals surface area contributed by atoms with Crippen molar-refractivity contribution < 1.29 is 0 Å². The monoisotopic (exact) mass is 299 g/mol. The smallest absolute Gasteiger partial charge is 0.191 e. The van der Waals surface area contributed by atoms with Crippen molar-refractivity contribution in [2.45, 2.75) is 25.1 Å². The second-order valence-electron chi connectivity index (χ2n) is 4.39. The van der Waals surface area contributed by atoms with Crippen LogP contribution in [0.25, 0.3) is 0 Å². The molecule has 0 amide bonds. The van der Waals surface area contributed by atoms with E-state index in [0.717, 1.165) is 23.1 Å². The van der Waals surface area contributed by atoms with E-state index in [1.54, 1.807) is 7.05 Å². The van der Waals surface area contributed by atoms with Crippen molar-refractivity contribution in [2.75, 3.05) is 19.8 Å². The Morgan fingerprint density at radius 1 is 1.37 bits per heavy atom. The summed E-state index contributed by atoms with van der Waals surface area (Å²) in [6.45, 7) is 5.14. The van der Waals surface area contributed by atoms with E-state index in [9.17, 15) is 0 Å². The molecule has 0 aliphatic rings. The highest BCUT2D eigenvalue weighted by atomic mass is 35.5. The molecule has 3 nitrogen and oxygen atoms in total. The number of rotatable bonds is 5. The van der Waals surface area contributed by atoms with Crippen molar-refractivity contribution in [3.63, 3.8) is 0 Å². The molecule has 2 N–H and O–H groups in total. The summed E-state index contributed by atoms with van der Waals surface area (Å²) in [7, 11) is 1.78. The van der Waals surface area contributed by atoms with Gasteiger partial charge < -0.3 is 10.6 Å². The minimum Gasteiger partial charge on any atom is -0.355 e. The fraction of sp³-hybridized carbons (Fsp3) is 0.500. The summed E-state index contributed by atoms with van der Waals surface area (Å²) in [6, 6.07) is 7.97. The zero-order valence-corrected chi connectivity index (χ0v) is 13.5. The molecule has 1 aromatic carbocycles. The Hall–Kier alpha value is -0.870. The Balaban J connectivity index is 2.59. The summed E-state index contributed by atoms with van der Waals surface area (Å²) >= 11 is 8.02. The van der Waals surface area contributed by atoms with Crippen LogP contribution >= 0.6 is 23.4 Å². The van der Waals surface area contributed by atoms with Crippen LogP contribution in [0.5, 0.6) is 0 Å². The zero-order valence-electron chi connectivity index (χ0n) is 11.9. The fourth-order valence-corrected chi connectivity index (χ4v) is 2.18. The first kappa shape index (κ1) is 16.2. The van der Waals surface area contributed by atoms with Crippen LogP contribution in [-0.2, 0) is 0 Å². The topological polar surface area (TPSA) is 36.4 Å². The molecule has 1 rings (SSSR count). The molecule has 106 valence electrons. The maximum Gasteiger partial charge on any atom is 0.191 e. The summed E-state index contributed by atoms with van der Waals surface area (Å²) in [6.07, 6.45) is 2.11. The first-order chi connectivity index (χ1) is 9.08. The molecular formula is C14H22ClN3S. The molecule has 0 aliphatic heterocycles. The van der Waals surface area contributed by atoms with Crippen LogP contribution in [-0.4, -0.2) is 31.1 Å².